The van der Waals surface area contributed by atoms with Crippen molar-refractivity contribution >= 4 is 19.3 Å². The van der Waals surface area contributed by atoms with E-state index in [-0.39, 0.29) is 18.9 Å². The molecule has 1 aromatic carbocycles. The van der Waals surface area contributed by atoms with Gasteiger partial charge in [0.2, 0.25) is 5.91 Å². The topological polar surface area (TPSA) is 86.7 Å². The van der Waals surface area contributed by atoms with E-state index in [2.05, 4.69) is 5.32 Å². The molecule has 0 bridgehead atoms. The second-order valence-electron chi connectivity index (χ2n) is 4.54. The van der Waals surface area contributed by atoms with Gasteiger partial charge >= 0.3 is 0 Å². The normalized spacial score (nSPS) is 21.5. The number of carbonyl (C=O) groups is 2. The van der Waals surface area contributed by atoms with Crippen LogP contribution in [-0.2, 0) is 20.6 Å². The summed E-state index contributed by atoms with van der Waals surface area (Å²) in [4.78, 5) is 32.5. The monoisotopic (exact) mass is 282 g/mol. The van der Waals surface area contributed by atoms with Crippen molar-refractivity contribution < 1.29 is 19.0 Å². The van der Waals surface area contributed by atoms with Crippen molar-refractivity contribution in [2.24, 2.45) is 0 Å². The number of nitrogens with one attached hydrogen (secondary N) is 1. The lowest BCUT2D eigenvalue weighted by molar-refractivity contribution is -0.140. The molecule has 1 heterocycles. The summed E-state index contributed by atoms with van der Waals surface area (Å²) >= 11 is 0. The first kappa shape index (κ1) is 13.8. The Morgan fingerprint density at radius 2 is 2.11 bits per heavy atom. The molecule has 1 aromatic rings. The summed E-state index contributed by atoms with van der Waals surface area (Å²) < 4.78 is 12.2. The predicted octanol–water partition coefficient (Wildman–Crippen LogP) is 0.371. The summed E-state index contributed by atoms with van der Waals surface area (Å²) in [5, 5.41) is 2.55. The average molecular weight is 282 g/mol. The van der Waals surface area contributed by atoms with Gasteiger partial charge in [0.25, 0.3) is 13.4 Å². The first-order valence-electron chi connectivity index (χ1n) is 5.83. The van der Waals surface area contributed by atoms with Crippen LogP contribution in [0.4, 0.5) is 0 Å². The molecule has 7 heteroatoms. The number of hydrogen-bond donors (Lipinski definition) is 2. The maximum atomic E-state index is 11.7. The minimum atomic E-state index is -3.54. The number of β-lactam (4-membered cyclic amide) rings is 1. The van der Waals surface area contributed by atoms with Crippen molar-refractivity contribution in [2.75, 3.05) is 13.2 Å². The Morgan fingerprint density at radius 1 is 1.47 bits per heavy atom. The van der Waals surface area contributed by atoms with Crippen LogP contribution >= 0.6 is 7.52 Å². The van der Waals surface area contributed by atoms with Crippen LogP contribution in [0.3, 0.4) is 0 Å². The van der Waals surface area contributed by atoms with Crippen LogP contribution < -0.4 is 5.32 Å². The Balaban J connectivity index is 1.86. The highest BCUT2D eigenvalue weighted by Crippen LogP contribution is 2.44. The number of benzene rings is 1. The van der Waals surface area contributed by atoms with Crippen molar-refractivity contribution in [3.05, 3.63) is 35.9 Å². The minimum Gasteiger partial charge on any atom is -0.342 e. The molecule has 0 saturated carbocycles. The predicted molar refractivity (Wildman–Crippen MR) is 69.5 cm³/mol. The third-order valence-corrected chi connectivity index (χ3v) is 4.15. The van der Waals surface area contributed by atoms with Gasteiger partial charge in [-0.3, -0.25) is 18.8 Å². The van der Waals surface area contributed by atoms with E-state index in [0.29, 0.717) is 0 Å². The summed E-state index contributed by atoms with van der Waals surface area (Å²) in [5.41, 5.74) is 0.854. The fourth-order valence-corrected chi connectivity index (χ4v) is 2.85. The molecular formula is C12H15N2O4P. The summed E-state index contributed by atoms with van der Waals surface area (Å²) in [5.74, 6) is -0.775. The second kappa shape index (κ2) is 5.15. The third kappa shape index (κ3) is 3.22. The summed E-state index contributed by atoms with van der Waals surface area (Å²) in [6.07, 6.45) is 0.188. The number of rotatable bonds is 4. The zero-order chi connectivity index (χ0) is 14.0. The quantitative estimate of drug-likeness (QED) is 0.617. The van der Waals surface area contributed by atoms with Crippen molar-refractivity contribution in [2.45, 2.75) is 12.5 Å². The smallest absolute Gasteiger partial charge is 0.293 e. The van der Waals surface area contributed by atoms with Gasteiger partial charge in [0, 0.05) is 6.66 Å². The molecule has 0 aromatic heterocycles. The Hall–Kier alpha value is -1.65. The van der Waals surface area contributed by atoms with E-state index in [1.54, 1.807) is 0 Å². The first-order valence-corrected chi connectivity index (χ1v) is 7.89. The van der Waals surface area contributed by atoms with Crippen molar-refractivity contribution in [3.63, 3.8) is 0 Å². The molecule has 2 amide bonds. The van der Waals surface area contributed by atoms with E-state index in [1.165, 1.54) is 0 Å². The molecule has 2 unspecified atom stereocenters. The van der Waals surface area contributed by atoms with E-state index in [0.717, 1.165) is 16.9 Å². The highest BCUT2D eigenvalue weighted by Gasteiger charge is 2.44. The number of nitrogens with zero attached hydrogens (tertiary/aromatic N) is 1. The first-order chi connectivity index (χ1) is 8.88. The molecule has 0 aliphatic carbocycles. The lowest BCUT2D eigenvalue weighted by Crippen LogP contribution is -2.62. The van der Waals surface area contributed by atoms with E-state index < -0.39 is 19.5 Å². The molecule has 102 valence electrons. The molecule has 1 saturated heterocycles. The maximum absolute atomic E-state index is 11.7. The van der Waals surface area contributed by atoms with Crippen LogP contribution in [0.1, 0.15) is 5.56 Å². The van der Waals surface area contributed by atoms with E-state index >= 15 is 0 Å². The Labute approximate surface area is 110 Å². The number of carbonyl (C=O) groups excluding carboxylic acids is 2. The molecule has 0 radical (unpaired) electrons. The van der Waals surface area contributed by atoms with Gasteiger partial charge in [-0.2, -0.15) is 0 Å². The van der Waals surface area contributed by atoms with Crippen LogP contribution in [0, 0.1) is 0 Å². The van der Waals surface area contributed by atoms with Gasteiger partial charge in [-0.1, -0.05) is 30.3 Å². The van der Waals surface area contributed by atoms with Crippen molar-refractivity contribution in [1.29, 1.82) is 0 Å². The zero-order valence-corrected chi connectivity index (χ0v) is 11.3. The Morgan fingerprint density at radius 3 is 2.63 bits per heavy atom. The molecule has 1 fully saturated rings. The fraction of sp³-hybridized carbons (Fsp3) is 0.333. The van der Waals surface area contributed by atoms with Gasteiger partial charge in [-0.25, -0.2) is 0 Å². The molecule has 2 N–H and O–H groups in total. The van der Waals surface area contributed by atoms with Crippen molar-refractivity contribution in [1.82, 2.24) is 9.99 Å². The Bertz CT molecular complexity index is 540. The zero-order valence-electron chi connectivity index (χ0n) is 10.4. The van der Waals surface area contributed by atoms with Crippen LogP contribution in [0.2, 0.25) is 0 Å². The van der Waals surface area contributed by atoms with E-state index in [4.69, 9.17) is 0 Å². The Kier molecular flexibility index (Phi) is 3.73. The van der Waals surface area contributed by atoms with Crippen LogP contribution in [-0.4, -0.2) is 40.6 Å². The number of amides is 2. The molecule has 19 heavy (non-hydrogen) atoms. The van der Waals surface area contributed by atoms with Gasteiger partial charge in [-0.15, -0.1) is 0 Å². The molecule has 2 rings (SSSR count). The average Bonchev–Trinajstić information content (AvgIpc) is 2.33. The molecule has 6 nitrogen and oxygen atoms in total. The molecule has 1 aliphatic heterocycles. The van der Waals surface area contributed by atoms with Gasteiger partial charge in [-0.05, 0) is 5.56 Å². The summed E-state index contributed by atoms with van der Waals surface area (Å²) in [6, 6.07) is 8.48. The van der Waals surface area contributed by atoms with Crippen molar-refractivity contribution in [3.8, 4) is 0 Å². The van der Waals surface area contributed by atoms with E-state index in [1.807, 2.05) is 30.3 Å². The third-order valence-electron chi connectivity index (χ3n) is 2.90. The lowest BCUT2D eigenvalue weighted by atomic mass is 10.1. The van der Waals surface area contributed by atoms with Crippen LogP contribution in [0.15, 0.2) is 30.3 Å². The summed E-state index contributed by atoms with van der Waals surface area (Å²) in [6.45, 7) is 1.19. The number of hydrogen-bond acceptors (Lipinski definition) is 3. The largest absolute Gasteiger partial charge is 0.342 e. The fourth-order valence-electron chi connectivity index (χ4n) is 1.88. The standard InChI is InChI=1S/C12H15N2O4P/c1-19(17,18)14-8-10(12(14)16)13-11(15)7-9-5-3-2-4-6-9/h2-6,10H,7-8H2,1H3,(H,13,15)(H,17,18). The molecular weight excluding hydrogens is 267 g/mol. The SMILES string of the molecule is CP(=O)(O)N1CC(NC(=O)Cc2ccccc2)C1=O. The second-order valence-corrected chi connectivity index (χ2v) is 6.69. The van der Waals surface area contributed by atoms with Crippen LogP contribution in [0.25, 0.3) is 0 Å². The highest BCUT2D eigenvalue weighted by molar-refractivity contribution is 7.55. The lowest BCUT2D eigenvalue weighted by Gasteiger charge is -2.39. The molecule has 0 spiro atoms. The minimum absolute atomic E-state index is 0.0869. The van der Waals surface area contributed by atoms with Crippen LogP contribution in [0.5, 0.6) is 0 Å². The maximum Gasteiger partial charge on any atom is 0.293 e. The van der Waals surface area contributed by atoms with Gasteiger partial charge in [0.05, 0.1) is 13.0 Å². The highest BCUT2D eigenvalue weighted by atomic mass is 31.2. The van der Waals surface area contributed by atoms with Gasteiger partial charge in [0.15, 0.2) is 0 Å². The molecule has 2 atom stereocenters. The van der Waals surface area contributed by atoms with E-state index in [9.17, 15) is 19.0 Å². The summed E-state index contributed by atoms with van der Waals surface area (Å²) in [7, 11) is -3.54. The van der Waals surface area contributed by atoms with Gasteiger partial charge in [0.1, 0.15) is 6.04 Å². The molecule has 1 aliphatic rings. The van der Waals surface area contributed by atoms with Gasteiger partial charge < -0.3 is 10.2 Å².